The maximum absolute atomic E-state index is 14.0. The zero-order valence-corrected chi connectivity index (χ0v) is 21.7. The van der Waals surface area contributed by atoms with Crippen LogP contribution < -0.4 is 5.32 Å². The summed E-state index contributed by atoms with van der Waals surface area (Å²) in [5.74, 6) is -0.307. The van der Waals surface area contributed by atoms with Gasteiger partial charge in [0.1, 0.15) is 0 Å². The number of aliphatic hydroxyl groups excluding tert-OH is 1. The molecule has 2 fully saturated rings. The number of hydrogen-bond acceptors (Lipinski definition) is 4. The normalized spacial score (nSPS) is 22.1. The van der Waals surface area contributed by atoms with Gasteiger partial charge in [-0.25, -0.2) is 4.98 Å². The Morgan fingerprint density at radius 2 is 1.76 bits per heavy atom. The molecule has 3 aromatic rings. The number of alkyl halides is 3. The van der Waals surface area contributed by atoms with Crippen molar-refractivity contribution in [1.82, 2.24) is 19.8 Å². The van der Waals surface area contributed by atoms with Gasteiger partial charge in [-0.05, 0) is 30.9 Å². The molecule has 1 saturated heterocycles. The standard InChI is InChI=1S/C28H31F3N4O2.ClH/c29-28(30,31)22-11-5-4-10-20(22)16-21-17-32-14-15-34(21)27(37)25-26(19-8-2-1-3-9-19)35(18-33-25)23-12-6-7-13-24(23)36;/h1-5,8-11,18,21,23-24,32,36H,6-7,12-17H2;1H/t21-,23+,24-;/m1./s1. The van der Waals surface area contributed by atoms with E-state index in [4.69, 9.17) is 0 Å². The molecule has 0 bridgehead atoms. The minimum absolute atomic E-state index is 0. The van der Waals surface area contributed by atoms with Gasteiger partial charge in [0.05, 0.1) is 29.7 Å². The number of rotatable bonds is 5. The van der Waals surface area contributed by atoms with Gasteiger partial charge >= 0.3 is 6.18 Å². The Morgan fingerprint density at radius 3 is 2.50 bits per heavy atom. The molecule has 38 heavy (non-hydrogen) atoms. The van der Waals surface area contributed by atoms with Gasteiger partial charge < -0.3 is 19.9 Å². The lowest BCUT2D eigenvalue weighted by molar-refractivity contribution is -0.138. The lowest BCUT2D eigenvalue weighted by atomic mass is 9.92. The second-order valence-electron chi connectivity index (χ2n) is 9.85. The number of aliphatic hydroxyl groups is 1. The van der Waals surface area contributed by atoms with Crippen molar-refractivity contribution in [2.45, 2.75) is 56.5 Å². The number of piperazine rings is 1. The third-order valence-corrected chi connectivity index (χ3v) is 7.48. The molecular weight excluding hydrogens is 517 g/mol. The molecule has 0 radical (unpaired) electrons. The van der Waals surface area contributed by atoms with Crippen LogP contribution in [0, 0.1) is 0 Å². The quantitative estimate of drug-likeness (QED) is 0.464. The molecule has 6 nitrogen and oxygen atoms in total. The van der Waals surface area contributed by atoms with Crippen LogP contribution in [-0.4, -0.2) is 57.2 Å². The topological polar surface area (TPSA) is 70.4 Å². The predicted molar refractivity (Wildman–Crippen MR) is 141 cm³/mol. The summed E-state index contributed by atoms with van der Waals surface area (Å²) in [5.41, 5.74) is 1.22. The zero-order valence-electron chi connectivity index (χ0n) is 20.9. The Bertz CT molecular complexity index is 1230. The summed E-state index contributed by atoms with van der Waals surface area (Å²) in [4.78, 5) is 20.2. The van der Waals surface area contributed by atoms with Crippen molar-refractivity contribution >= 4 is 18.3 Å². The third-order valence-electron chi connectivity index (χ3n) is 7.48. The van der Waals surface area contributed by atoms with Gasteiger partial charge in [-0.3, -0.25) is 4.79 Å². The largest absolute Gasteiger partial charge is 0.416 e. The van der Waals surface area contributed by atoms with E-state index in [1.165, 1.54) is 12.1 Å². The van der Waals surface area contributed by atoms with Gasteiger partial charge in [0.25, 0.3) is 5.91 Å². The number of aromatic nitrogens is 2. The Balaban J connectivity index is 0.00000336. The Labute approximate surface area is 226 Å². The maximum atomic E-state index is 14.0. The van der Waals surface area contributed by atoms with E-state index >= 15 is 0 Å². The number of hydrogen-bond donors (Lipinski definition) is 2. The zero-order chi connectivity index (χ0) is 26.0. The Kier molecular flexibility index (Phi) is 8.80. The number of carbonyl (C=O) groups excluding carboxylic acids is 1. The molecule has 2 aromatic carbocycles. The van der Waals surface area contributed by atoms with Crippen LogP contribution in [-0.2, 0) is 12.6 Å². The van der Waals surface area contributed by atoms with E-state index in [9.17, 15) is 23.1 Å². The highest BCUT2D eigenvalue weighted by Crippen LogP contribution is 2.36. The maximum Gasteiger partial charge on any atom is 0.416 e. The smallest absolute Gasteiger partial charge is 0.391 e. The summed E-state index contributed by atoms with van der Waals surface area (Å²) in [6.45, 7) is 1.30. The van der Waals surface area contributed by atoms with E-state index in [0.717, 1.165) is 30.9 Å². The molecule has 1 aliphatic carbocycles. The molecule has 0 unspecified atom stereocenters. The molecule has 2 heterocycles. The number of nitrogens with zero attached hydrogens (tertiary/aromatic N) is 3. The van der Waals surface area contributed by atoms with Crippen LogP contribution in [0.1, 0.15) is 53.3 Å². The summed E-state index contributed by atoms with van der Waals surface area (Å²) in [5, 5.41) is 14.0. The Morgan fingerprint density at radius 1 is 1.05 bits per heavy atom. The SMILES string of the molecule is Cl.O=C(c1ncn([C@H]2CCCC[C@H]2O)c1-c1ccccc1)N1CCNC[C@H]1Cc1ccccc1C(F)(F)F. The van der Waals surface area contributed by atoms with Crippen LogP contribution in [0.3, 0.4) is 0 Å². The Hall–Kier alpha value is -2.88. The molecular formula is C28H32ClF3N4O2. The van der Waals surface area contributed by atoms with E-state index in [1.807, 2.05) is 34.9 Å². The van der Waals surface area contributed by atoms with Crippen LogP contribution in [0.4, 0.5) is 13.2 Å². The van der Waals surface area contributed by atoms with Gasteiger partial charge in [0, 0.05) is 31.2 Å². The summed E-state index contributed by atoms with van der Waals surface area (Å²) >= 11 is 0. The fraction of sp³-hybridized carbons (Fsp3) is 0.429. The number of nitrogens with one attached hydrogen (secondary N) is 1. The number of carbonyl (C=O) groups is 1. The number of amides is 1. The van der Waals surface area contributed by atoms with E-state index in [2.05, 4.69) is 10.3 Å². The van der Waals surface area contributed by atoms with Gasteiger partial charge in [-0.15, -0.1) is 12.4 Å². The lowest BCUT2D eigenvalue weighted by Gasteiger charge is -2.37. The molecule has 2 N–H and O–H groups in total. The first-order chi connectivity index (χ1) is 17.8. The number of benzene rings is 2. The van der Waals surface area contributed by atoms with Crippen molar-refractivity contribution in [2.75, 3.05) is 19.6 Å². The van der Waals surface area contributed by atoms with Crippen molar-refractivity contribution in [3.63, 3.8) is 0 Å². The predicted octanol–water partition coefficient (Wildman–Crippen LogP) is 5.12. The summed E-state index contributed by atoms with van der Waals surface area (Å²) in [6, 6.07) is 14.4. The minimum Gasteiger partial charge on any atom is -0.391 e. The molecule has 2 aliphatic rings. The summed E-state index contributed by atoms with van der Waals surface area (Å²) < 4.78 is 42.9. The number of imidazole rings is 1. The molecule has 1 aromatic heterocycles. The van der Waals surface area contributed by atoms with E-state index in [1.54, 1.807) is 17.3 Å². The molecule has 1 amide bonds. The van der Waals surface area contributed by atoms with Crippen LogP contribution in [0.5, 0.6) is 0 Å². The van der Waals surface area contributed by atoms with E-state index < -0.39 is 23.9 Å². The molecule has 5 rings (SSSR count). The van der Waals surface area contributed by atoms with Crippen LogP contribution in [0.15, 0.2) is 60.9 Å². The highest BCUT2D eigenvalue weighted by Gasteiger charge is 2.37. The average molecular weight is 549 g/mol. The fourth-order valence-corrected chi connectivity index (χ4v) is 5.64. The molecule has 3 atom stereocenters. The molecule has 204 valence electrons. The van der Waals surface area contributed by atoms with Gasteiger partial charge in [-0.1, -0.05) is 61.4 Å². The van der Waals surface area contributed by atoms with Crippen molar-refractivity contribution in [3.8, 4) is 11.3 Å². The van der Waals surface area contributed by atoms with Crippen LogP contribution >= 0.6 is 12.4 Å². The fourth-order valence-electron chi connectivity index (χ4n) is 5.64. The average Bonchev–Trinajstić information content (AvgIpc) is 3.34. The van der Waals surface area contributed by atoms with Gasteiger partial charge in [0.2, 0.25) is 0 Å². The summed E-state index contributed by atoms with van der Waals surface area (Å²) in [6.07, 6.45) is 0.139. The van der Waals surface area contributed by atoms with E-state index in [-0.39, 0.29) is 42.0 Å². The monoisotopic (exact) mass is 548 g/mol. The molecule has 10 heteroatoms. The van der Waals surface area contributed by atoms with E-state index in [0.29, 0.717) is 31.7 Å². The lowest BCUT2D eigenvalue weighted by Crippen LogP contribution is -2.54. The molecule has 1 aliphatic heterocycles. The first-order valence-electron chi connectivity index (χ1n) is 12.8. The van der Waals surface area contributed by atoms with Crippen molar-refractivity contribution in [2.24, 2.45) is 0 Å². The second kappa shape index (κ2) is 11.9. The minimum atomic E-state index is -4.46. The summed E-state index contributed by atoms with van der Waals surface area (Å²) in [7, 11) is 0. The van der Waals surface area contributed by atoms with Crippen molar-refractivity contribution in [1.29, 1.82) is 0 Å². The first kappa shape index (κ1) is 28.1. The third kappa shape index (κ3) is 5.75. The van der Waals surface area contributed by atoms with Crippen LogP contribution in [0.2, 0.25) is 0 Å². The van der Waals surface area contributed by atoms with Crippen molar-refractivity contribution in [3.05, 3.63) is 77.7 Å². The second-order valence-corrected chi connectivity index (χ2v) is 9.85. The molecule has 0 spiro atoms. The first-order valence-corrected chi connectivity index (χ1v) is 12.8. The van der Waals surface area contributed by atoms with Gasteiger partial charge in [-0.2, -0.15) is 13.2 Å². The van der Waals surface area contributed by atoms with Crippen molar-refractivity contribution < 1.29 is 23.1 Å². The van der Waals surface area contributed by atoms with Crippen LogP contribution in [0.25, 0.3) is 11.3 Å². The highest BCUT2D eigenvalue weighted by molar-refractivity contribution is 5.98. The highest BCUT2D eigenvalue weighted by atomic mass is 35.5. The number of halogens is 4. The van der Waals surface area contributed by atoms with Gasteiger partial charge in [0.15, 0.2) is 5.69 Å². The molecule has 1 saturated carbocycles.